The number of nitrogens with zero attached hydrogens (tertiary/aromatic N) is 2. The van der Waals surface area contributed by atoms with Gasteiger partial charge in [0.15, 0.2) is 0 Å². The highest BCUT2D eigenvalue weighted by Crippen LogP contribution is 2.20. The Labute approximate surface area is 113 Å². The van der Waals surface area contributed by atoms with Crippen LogP contribution in [0.15, 0.2) is 12.4 Å². The molecule has 1 fully saturated rings. The van der Waals surface area contributed by atoms with Crippen molar-refractivity contribution >= 4 is 11.7 Å². The highest BCUT2D eigenvalue weighted by atomic mass is 16.5. The number of amides is 1. The van der Waals surface area contributed by atoms with Gasteiger partial charge < -0.3 is 15.4 Å². The molecule has 1 aliphatic rings. The maximum atomic E-state index is 12.1. The second kappa shape index (κ2) is 5.97. The Morgan fingerprint density at radius 1 is 1.37 bits per heavy atom. The molecule has 6 nitrogen and oxygen atoms in total. The van der Waals surface area contributed by atoms with Gasteiger partial charge in [-0.25, -0.2) is 9.97 Å². The number of carbonyl (C=O) groups is 1. The smallest absolute Gasteiger partial charge is 0.271 e. The van der Waals surface area contributed by atoms with E-state index >= 15 is 0 Å². The Morgan fingerprint density at radius 2 is 2.11 bits per heavy atom. The van der Waals surface area contributed by atoms with Crippen molar-refractivity contribution in [2.24, 2.45) is 0 Å². The van der Waals surface area contributed by atoms with Gasteiger partial charge in [0.2, 0.25) is 0 Å². The van der Waals surface area contributed by atoms with E-state index in [4.69, 9.17) is 4.74 Å². The fourth-order valence-electron chi connectivity index (χ4n) is 2.00. The highest BCUT2D eigenvalue weighted by Gasteiger charge is 2.29. The van der Waals surface area contributed by atoms with E-state index in [-0.39, 0.29) is 11.4 Å². The van der Waals surface area contributed by atoms with Crippen molar-refractivity contribution < 1.29 is 9.53 Å². The van der Waals surface area contributed by atoms with E-state index in [9.17, 15) is 4.79 Å². The molecule has 1 aromatic heterocycles. The van der Waals surface area contributed by atoms with Gasteiger partial charge in [-0.1, -0.05) is 0 Å². The molecule has 1 aromatic rings. The first-order valence-corrected chi connectivity index (χ1v) is 6.59. The van der Waals surface area contributed by atoms with Crippen LogP contribution in [-0.2, 0) is 4.74 Å². The minimum absolute atomic E-state index is 0.181. The predicted octanol–water partition coefficient (Wildman–Crippen LogP) is 1.21. The molecule has 0 saturated carbocycles. The largest absolute Gasteiger partial charge is 0.381 e. The van der Waals surface area contributed by atoms with Crippen molar-refractivity contribution in [1.29, 1.82) is 0 Å². The molecule has 0 spiro atoms. The first-order valence-electron chi connectivity index (χ1n) is 6.59. The Hall–Kier alpha value is -1.69. The predicted molar refractivity (Wildman–Crippen MR) is 72.1 cm³/mol. The zero-order valence-corrected chi connectivity index (χ0v) is 11.4. The van der Waals surface area contributed by atoms with Crippen LogP contribution in [0.2, 0.25) is 0 Å². The van der Waals surface area contributed by atoms with Crippen molar-refractivity contribution in [2.75, 3.05) is 25.1 Å². The molecule has 2 rings (SSSR count). The van der Waals surface area contributed by atoms with Gasteiger partial charge in [-0.15, -0.1) is 0 Å². The summed E-state index contributed by atoms with van der Waals surface area (Å²) < 4.78 is 5.31. The topological polar surface area (TPSA) is 76.1 Å². The Bertz CT molecular complexity index is 427. The molecule has 19 heavy (non-hydrogen) atoms. The minimum atomic E-state index is -0.211. The van der Waals surface area contributed by atoms with Gasteiger partial charge in [-0.2, -0.15) is 0 Å². The fourth-order valence-corrected chi connectivity index (χ4v) is 2.00. The summed E-state index contributed by atoms with van der Waals surface area (Å²) >= 11 is 0. The van der Waals surface area contributed by atoms with E-state index in [1.807, 2.05) is 13.8 Å². The van der Waals surface area contributed by atoms with Gasteiger partial charge >= 0.3 is 0 Å². The Morgan fingerprint density at radius 3 is 2.68 bits per heavy atom. The number of anilines is 1. The molecule has 6 heteroatoms. The SMILES string of the molecule is CCNc1cnc(C(=O)NC2(C)CCOCC2)cn1. The molecule has 0 radical (unpaired) electrons. The van der Waals surface area contributed by atoms with Gasteiger partial charge in [0, 0.05) is 25.3 Å². The minimum Gasteiger partial charge on any atom is -0.381 e. The lowest BCUT2D eigenvalue weighted by molar-refractivity contribution is 0.0421. The number of nitrogens with one attached hydrogen (secondary N) is 2. The number of hydrogen-bond donors (Lipinski definition) is 2. The van der Waals surface area contributed by atoms with Gasteiger partial charge in [-0.05, 0) is 26.7 Å². The van der Waals surface area contributed by atoms with Crippen LogP contribution in [-0.4, -0.2) is 41.2 Å². The van der Waals surface area contributed by atoms with Gasteiger partial charge in [0.25, 0.3) is 5.91 Å². The lowest BCUT2D eigenvalue weighted by Gasteiger charge is -2.34. The normalized spacial score (nSPS) is 17.8. The van der Waals surface area contributed by atoms with E-state index in [2.05, 4.69) is 20.6 Å². The molecule has 0 aliphatic carbocycles. The molecule has 2 heterocycles. The molecule has 1 aliphatic heterocycles. The fraction of sp³-hybridized carbons (Fsp3) is 0.615. The van der Waals surface area contributed by atoms with E-state index in [1.54, 1.807) is 6.20 Å². The van der Waals surface area contributed by atoms with Crippen LogP contribution in [0, 0.1) is 0 Å². The van der Waals surface area contributed by atoms with Crippen LogP contribution in [0.25, 0.3) is 0 Å². The molecule has 0 aromatic carbocycles. The summed E-state index contributed by atoms with van der Waals surface area (Å²) in [7, 11) is 0. The molecule has 2 N–H and O–H groups in total. The summed E-state index contributed by atoms with van der Waals surface area (Å²) in [6.07, 6.45) is 4.71. The number of rotatable bonds is 4. The highest BCUT2D eigenvalue weighted by molar-refractivity contribution is 5.92. The number of carbonyl (C=O) groups excluding carboxylic acids is 1. The second-order valence-electron chi connectivity index (χ2n) is 4.94. The van der Waals surface area contributed by atoms with Gasteiger partial charge in [0.05, 0.1) is 12.4 Å². The van der Waals surface area contributed by atoms with Crippen molar-refractivity contribution in [1.82, 2.24) is 15.3 Å². The number of aromatic nitrogens is 2. The van der Waals surface area contributed by atoms with Crippen molar-refractivity contribution in [3.05, 3.63) is 18.1 Å². The maximum Gasteiger partial charge on any atom is 0.271 e. The summed E-state index contributed by atoms with van der Waals surface area (Å²) in [4.78, 5) is 20.4. The molecule has 1 saturated heterocycles. The Balaban J connectivity index is 1.99. The van der Waals surface area contributed by atoms with E-state index in [1.165, 1.54) is 6.20 Å². The maximum absolute atomic E-state index is 12.1. The third kappa shape index (κ3) is 3.64. The van der Waals surface area contributed by atoms with Crippen molar-refractivity contribution in [2.45, 2.75) is 32.2 Å². The average molecular weight is 264 g/mol. The Kier molecular flexibility index (Phi) is 4.31. The number of hydrogen-bond acceptors (Lipinski definition) is 5. The molecule has 0 bridgehead atoms. The quantitative estimate of drug-likeness (QED) is 0.854. The molecule has 0 unspecified atom stereocenters. The van der Waals surface area contributed by atoms with Gasteiger partial charge in [0.1, 0.15) is 11.5 Å². The molecular formula is C13H20N4O2. The monoisotopic (exact) mass is 264 g/mol. The summed E-state index contributed by atoms with van der Waals surface area (Å²) in [5.74, 6) is 0.497. The molecule has 104 valence electrons. The molecular weight excluding hydrogens is 244 g/mol. The van der Waals surface area contributed by atoms with Gasteiger partial charge in [-0.3, -0.25) is 4.79 Å². The third-order valence-electron chi connectivity index (χ3n) is 3.25. The summed E-state index contributed by atoms with van der Waals surface area (Å²) in [6, 6.07) is 0. The van der Waals surface area contributed by atoms with E-state index < -0.39 is 0 Å². The van der Waals surface area contributed by atoms with E-state index in [0.717, 1.165) is 19.4 Å². The van der Waals surface area contributed by atoms with Crippen LogP contribution in [0.3, 0.4) is 0 Å². The molecule has 0 atom stereocenters. The zero-order chi connectivity index (χ0) is 13.7. The average Bonchev–Trinajstić information content (AvgIpc) is 2.40. The van der Waals surface area contributed by atoms with Crippen LogP contribution >= 0.6 is 0 Å². The summed E-state index contributed by atoms with van der Waals surface area (Å²) in [5.41, 5.74) is 0.131. The lowest BCUT2D eigenvalue weighted by Crippen LogP contribution is -2.49. The van der Waals surface area contributed by atoms with Crippen LogP contribution in [0.5, 0.6) is 0 Å². The van der Waals surface area contributed by atoms with E-state index in [0.29, 0.717) is 24.7 Å². The lowest BCUT2D eigenvalue weighted by atomic mass is 9.92. The van der Waals surface area contributed by atoms with Crippen LogP contribution in [0.1, 0.15) is 37.2 Å². The number of ether oxygens (including phenoxy) is 1. The first-order chi connectivity index (χ1) is 9.13. The van der Waals surface area contributed by atoms with Crippen LogP contribution < -0.4 is 10.6 Å². The summed E-state index contributed by atoms with van der Waals surface area (Å²) in [6.45, 7) is 6.16. The van der Waals surface area contributed by atoms with Crippen LogP contribution in [0.4, 0.5) is 5.82 Å². The molecule has 1 amide bonds. The standard InChI is InChI=1S/C13H20N4O2/c1-3-14-11-9-15-10(8-16-11)12(18)17-13(2)4-6-19-7-5-13/h8-9H,3-7H2,1-2H3,(H,14,16)(H,17,18). The second-order valence-corrected chi connectivity index (χ2v) is 4.94. The van der Waals surface area contributed by atoms with Crippen molar-refractivity contribution in [3.8, 4) is 0 Å². The third-order valence-corrected chi connectivity index (χ3v) is 3.25. The first kappa shape index (κ1) is 13.7. The van der Waals surface area contributed by atoms with Crippen molar-refractivity contribution in [3.63, 3.8) is 0 Å². The zero-order valence-electron chi connectivity index (χ0n) is 11.4. The summed E-state index contributed by atoms with van der Waals surface area (Å²) in [5, 5.41) is 6.06.